The van der Waals surface area contributed by atoms with Crippen LogP contribution in [0.5, 0.6) is 5.75 Å². The highest BCUT2D eigenvalue weighted by Crippen LogP contribution is 2.37. The first-order chi connectivity index (χ1) is 14.5. The number of fused-ring (bicyclic) bond motifs is 1. The molecule has 0 saturated heterocycles. The third kappa shape index (κ3) is 5.32. The molecule has 30 heavy (non-hydrogen) atoms. The average Bonchev–Trinajstić information content (AvgIpc) is 3.14. The quantitative estimate of drug-likeness (QED) is 0.315. The molecule has 0 saturated carbocycles. The van der Waals surface area contributed by atoms with E-state index in [1.54, 1.807) is 19.4 Å². The zero-order valence-corrected chi connectivity index (χ0v) is 19.0. The molecule has 0 fully saturated rings. The maximum absolute atomic E-state index is 12.3. The number of nitrogens with one attached hydrogen (secondary N) is 1. The van der Waals surface area contributed by atoms with Gasteiger partial charge in [-0.2, -0.15) is 0 Å². The van der Waals surface area contributed by atoms with Crippen molar-refractivity contribution in [2.45, 2.75) is 20.3 Å². The first-order valence-corrected chi connectivity index (χ1v) is 10.7. The minimum atomic E-state index is -0.133. The topological polar surface area (TPSA) is 60.7 Å². The van der Waals surface area contributed by atoms with Crippen molar-refractivity contribution in [1.82, 2.24) is 5.32 Å². The summed E-state index contributed by atoms with van der Waals surface area (Å²) in [6, 6.07) is 12.0. The molecule has 6 heteroatoms. The van der Waals surface area contributed by atoms with Crippen molar-refractivity contribution >= 4 is 38.4 Å². The van der Waals surface area contributed by atoms with Crippen LogP contribution in [0.4, 0.5) is 0 Å². The number of halogens is 1. The van der Waals surface area contributed by atoms with Crippen molar-refractivity contribution in [1.29, 1.82) is 0 Å². The Morgan fingerprint density at radius 2 is 2.00 bits per heavy atom. The van der Waals surface area contributed by atoms with Crippen molar-refractivity contribution in [2.75, 3.05) is 26.9 Å². The highest BCUT2D eigenvalue weighted by atomic mass is 79.9. The molecule has 5 nitrogen and oxygen atoms in total. The highest BCUT2D eigenvalue weighted by Gasteiger charge is 2.15. The molecule has 2 aromatic carbocycles. The maximum Gasteiger partial charge on any atom is 0.244 e. The van der Waals surface area contributed by atoms with Gasteiger partial charge in [0.25, 0.3) is 0 Å². The van der Waals surface area contributed by atoms with Crippen molar-refractivity contribution in [3.8, 4) is 16.9 Å². The lowest BCUT2D eigenvalue weighted by atomic mass is 9.99. The van der Waals surface area contributed by atoms with Gasteiger partial charge in [0, 0.05) is 53.4 Å². The lowest BCUT2D eigenvalue weighted by Crippen LogP contribution is -2.23. The summed E-state index contributed by atoms with van der Waals surface area (Å²) in [7, 11) is 1.65. The number of hydrogen-bond acceptors (Lipinski definition) is 4. The first-order valence-electron chi connectivity index (χ1n) is 9.93. The Labute approximate surface area is 185 Å². The van der Waals surface area contributed by atoms with Crippen LogP contribution < -0.4 is 10.1 Å². The monoisotopic (exact) mass is 471 g/mol. The van der Waals surface area contributed by atoms with Gasteiger partial charge in [0.1, 0.15) is 11.3 Å². The Morgan fingerprint density at radius 3 is 2.70 bits per heavy atom. The van der Waals surface area contributed by atoms with E-state index >= 15 is 0 Å². The molecule has 0 atom stereocenters. The Balaban J connectivity index is 1.96. The fourth-order valence-corrected chi connectivity index (χ4v) is 3.51. The van der Waals surface area contributed by atoms with Crippen LogP contribution in [0, 0.1) is 0 Å². The zero-order valence-electron chi connectivity index (χ0n) is 17.5. The first kappa shape index (κ1) is 22.1. The Bertz CT molecular complexity index is 1040. The molecule has 3 aromatic rings. The minimum Gasteiger partial charge on any atom is -0.493 e. The predicted molar refractivity (Wildman–Crippen MR) is 124 cm³/mol. The number of methoxy groups -OCH3 is 1. The number of hydrogen-bond donors (Lipinski definition) is 1. The van der Waals surface area contributed by atoms with Crippen LogP contribution in [0.25, 0.3) is 27.7 Å². The van der Waals surface area contributed by atoms with E-state index in [0.717, 1.165) is 44.1 Å². The second-order valence-electron chi connectivity index (χ2n) is 6.90. The van der Waals surface area contributed by atoms with E-state index in [1.165, 1.54) is 0 Å². The number of furan rings is 1. The molecule has 1 heterocycles. The molecule has 0 bridgehead atoms. The summed E-state index contributed by atoms with van der Waals surface area (Å²) in [4.78, 5) is 12.3. The molecule has 1 N–H and O–H groups in total. The number of carbonyl (C=O) groups excluding carboxylic acids is 1. The predicted octanol–water partition coefficient (Wildman–Crippen LogP) is 5.82. The van der Waals surface area contributed by atoms with Crippen LogP contribution in [-0.2, 0) is 9.53 Å². The molecule has 1 aromatic heterocycles. The molecule has 0 aliphatic rings. The van der Waals surface area contributed by atoms with Gasteiger partial charge in [-0.05, 0) is 49.6 Å². The maximum atomic E-state index is 12.3. The summed E-state index contributed by atoms with van der Waals surface area (Å²) in [6.07, 6.45) is 4.14. The molecule has 0 spiro atoms. The largest absolute Gasteiger partial charge is 0.493 e. The summed E-state index contributed by atoms with van der Waals surface area (Å²) in [6.45, 7) is 5.56. The SMILES string of the molecule is CCOc1cc2occ(-c3ccc(Br)cc3)c2cc1/C(C)=C/C(=O)NCCCOC. The lowest BCUT2D eigenvalue weighted by molar-refractivity contribution is -0.116. The Kier molecular flexibility index (Phi) is 7.71. The van der Waals surface area contributed by atoms with E-state index in [9.17, 15) is 4.79 Å². The number of ether oxygens (including phenoxy) is 2. The molecule has 3 rings (SSSR count). The molecule has 0 unspecified atom stereocenters. The van der Waals surface area contributed by atoms with Crippen LogP contribution in [0.3, 0.4) is 0 Å². The van der Waals surface area contributed by atoms with Gasteiger partial charge in [0.15, 0.2) is 0 Å². The fourth-order valence-electron chi connectivity index (χ4n) is 3.24. The molecular weight excluding hydrogens is 446 g/mol. The van der Waals surface area contributed by atoms with Crippen LogP contribution in [-0.4, -0.2) is 32.8 Å². The molecule has 0 aliphatic heterocycles. The average molecular weight is 472 g/mol. The summed E-state index contributed by atoms with van der Waals surface area (Å²) in [5, 5.41) is 3.86. The molecule has 158 valence electrons. The smallest absolute Gasteiger partial charge is 0.244 e. The lowest BCUT2D eigenvalue weighted by Gasteiger charge is -2.12. The van der Waals surface area contributed by atoms with Crippen molar-refractivity contribution < 1.29 is 18.7 Å². The summed E-state index contributed by atoms with van der Waals surface area (Å²) in [5.41, 5.74) is 4.50. The van der Waals surface area contributed by atoms with Crippen molar-refractivity contribution in [2.24, 2.45) is 0 Å². The fraction of sp³-hybridized carbons (Fsp3) is 0.292. The van der Waals surface area contributed by atoms with E-state index < -0.39 is 0 Å². The number of allylic oxidation sites excluding steroid dienone is 1. The van der Waals surface area contributed by atoms with Crippen LogP contribution in [0.15, 0.2) is 57.6 Å². The molecular formula is C24H26BrNO4. The molecule has 0 radical (unpaired) electrons. The molecule has 0 aliphatic carbocycles. The highest BCUT2D eigenvalue weighted by molar-refractivity contribution is 9.10. The normalized spacial score (nSPS) is 11.7. The third-order valence-electron chi connectivity index (χ3n) is 4.73. The third-order valence-corrected chi connectivity index (χ3v) is 5.26. The van der Waals surface area contributed by atoms with Gasteiger partial charge in [0.2, 0.25) is 5.91 Å². The summed E-state index contributed by atoms with van der Waals surface area (Å²) >= 11 is 3.47. The van der Waals surface area contributed by atoms with E-state index in [0.29, 0.717) is 25.5 Å². The number of benzene rings is 2. The van der Waals surface area contributed by atoms with Gasteiger partial charge in [-0.3, -0.25) is 4.79 Å². The number of rotatable bonds is 9. The standard InChI is InChI=1S/C24H26BrNO4/c1-4-29-22-14-23-20(21(15-30-23)17-6-8-18(25)9-7-17)13-19(22)16(2)12-24(27)26-10-5-11-28-3/h6-9,12-15H,4-5,10-11H2,1-3H3,(H,26,27)/b16-12+. The number of carbonyl (C=O) groups is 1. The van der Waals surface area contributed by atoms with Crippen LogP contribution in [0.1, 0.15) is 25.8 Å². The van der Waals surface area contributed by atoms with Crippen molar-refractivity contribution in [3.05, 3.63) is 58.8 Å². The Hall–Kier alpha value is -2.57. The van der Waals surface area contributed by atoms with E-state index in [2.05, 4.69) is 21.2 Å². The van der Waals surface area contributed by atoms with E-state index in [-0.39, 0.29) is 5.91 Å². The van der Waals surface area contributed by atoms with E-state index in [1.807, 2.05) is 50.2 Å². The van der Waals surface area contributed by atoms with Crippen molar-refractivity contribution in [3.63, 3.8) is 0 Å². The van der Waals surface area contributed by atoms with Gasteiger partial charge in [-0.1, -0.05) is 28.1 Å². The van der Waals surface area contributed by atoms with Gasteiger partial charge >= 0.3 is 0 Å². The second-order valence-corrected chi connectivity index (χ2v) is 7.81. The van der Waals surface area contributed by atoms with Crippen LogP contribution in [0.2, 0.25) is 0 Å². The minimum absolute atomic E-state index is 0.133. The Morgan fingerprint density at radius 1 is 1.23 bits per heavy atom. The molecule has 1 amide bonds. The van der Waals surface area contributed by atoms with Crippen LogP contribution >= 0.6 is 15.9 Å². The second kappa shape index (κ2) is 10.5. The van der Waals surface area contributed by atoms with E-state index in [4.69, 9.17) is 13.9 Å². The summed E-state index contributed by atoms with van der Waals surface area (Å²) < 4.78 is 17.7. The van der Waals surface area contributed by atoms with Gasteiger partial charge in [-0.25, -0.2) is 0 Å². The zero-order chi connectivity index (χ0) is 21.5. The number of amides is 1. The van der Waals surface area contributed by atoms with Gasteiger partial charge < -0.3 is 19.2 Å². The summed E-state index contributed by atoms with van der Waals surface area (Å²) in [5.74, 6) is 0.564. The van der Waals surface area contributed by atoms with Gasteiger partial charge in [-0.15, -0.1) is 0 Å². The van der Waals surface area contributed by atoms with Gasteiger partial charge in [0.05, 0.1) is 12.9 Å².